The fraction of sp³-hybridized carbons (Fsp3) is 0.286. The van der Waals surface area contributed by atoms with E-state index < -0.39 is 0 Å². The summed E-state index contributed by atoms with van der Waals surface area (Å²) in [6.45, 7) is 2.18. The molecule has 0 aliphatic carbocycles. The van der Waals surface area contributed by atoms with Crippen molar-refractivity contribution >= 4 is 10.9 Å². The quantitative estimate of drug-likeness (QED) is 0.793. The fourth-order valence-corrected chi connectivity index (χ4v) is 2.43. The number of halogens is 1. The van der Waals surface area contributed by atoms with E-state index in [0.29, 0.717) is 18.2 Å². The van der Waals surface area contributed by atoms with Gasteiger partial charge in [0.15, 0.2) is 5.82 Å². The molecular weight excluding hydrogens is 259 g/mol. The zero-order valence-electron chi connectivity index (χ0n) is 11.3. The Labute approximate surface area is 115 Å². The van der Waals surface area contributed by atoms with Crippen molar-refractivity contribution in [2.45, 2.75) is 13.5 Å². The maximum Gasteiger partial charge on any atom is 0.175 e. The number of benzene rings is 1. The van der Waals surface area contributed by atoms with E-state index in [1.807, 2.05) is 17.7 Å². The predicted octanol–water partition coefficient (Wildman–Crippen LogP) is 1.88. The summed E-state index contributed by atoms with van der Waals surface area (Å²) in [5.74, 6) is 1.06. The molecule has 104 valence electrons. The average Bonchev–Trinajstić information content (AvgIpc) is 2.91. The number of rotatable bonds is 3. The van der Waals surface area contributed by atoms with Crippen LogP contribution in [0.15, 0.2) is 24.3 Å². The molecule has 0 aliphatic rings. The number of aliphatic hydroxyl groups is 1. The number of aromatic nitrogens is 4. The molecule has 0 saturated carbocycles. The van der Waals surface area contributed by atoms with Gasteiger partial charge < -0.3 is 9.67 Å². The molecule has 2 aromatic heterocycles. The number of aryl methyl sites for hydroxylation is 2. The van der Waals surface area contributed by atoms with E-state index in [1.165, 1.54) is 12.1 Å². The van der Waals surface area contributed by atoms with Crippen LogP contribution in [0.1, 0.15) is 5.82 Å². The summed E-state index contributed by atoms with van der Waals surface area (Å²) in [4.78, 5) is 4.40. The maximum atomic E-state index is 13.3. The Hall–Kier alpha value is -2.21. The fourth-order valence-electron chi connectivity index (χ4n) is 2.43. The third-order valence-corrected chi connectivity index (χ3v) is 3.32. The number of hydrogen-bond acceptors (Lipinski definition) is 3. The molecule has 1 N–H and O–H groups in total. The van der Waals surface area contributed by atoms with Gasteiger partial charge in [0.25, 0.3) is 0 Å². The topological polar surface area (TPSA) is 55.9 Å². The van der Waals surface area contributed by atoms with Gasteiger partial charge in [0.2, 0.25) is 0 Å². The van der Waals surface area contributed by atoms with Crippen LogP contribution < -0.4 is 0 Å². The highest BCUT2D eigenvalue weighted by atomic mass is 19.1. The molecule has 3 aromatic rings. The van der Waals surface area contributed by atoms with E-state index in [-0.39, 0.29) is 12.4 Å². The molecule has 5 nitrogen and oxygen atoms in total. The molecule has 0 amide bonds. The summed E-state index contributed by atoms with van der Waals surface area (Å²) in [7, 11) is 1.91. The highest BCUT2D eigenvalue weighted by Crippen LogP contribution is 2.26. The van der Waals surface area contributed by atoms with Gasteiger partial charge in [-0.05, 0) is 31.2 Å². The Morgan fingerprint density at radius 3 is 2.85 bits per heavy atom. The minimum Gasteiger partial charge on any atom is -0.394 e. The molecule has 0 saturated heterocycles. The third kappa shape index (κ3) is 1.98. The van der Waals surface area contributed by atoms with Crippen LogP contribution in [0.25, 0.3) is 22.4 Å². The van der Waals surface area contributed by atoms with Crippen molar-refractivity contribution in [2.75, 3.05) is 6.61 Å². The molecule has 0 unspecified atom stereocenters. The Morgan fingerprint density at radius 1 is 1.30 bits per heavy atom. The van der Waals surface area contributed by atoms with Gasteiger partial charge in [-0.25, -0.2) is 14.1 Å². The van der Waals surface area contributed by atoms with Crippen LogP contribution in [0, 0.1) is 12.7 Å². The number of hydrogen-bond donors (Lipinski definition) is 1. The van der Waals surface area contributed by atoms with Crippen molar-refractivity contribution in [2.24, 2.45) is 7.05 Å². The summed E-state index contributed by atoms with van der Waals surface area (Å²) in [6, 6.07) is 6.57. The van der Waals surface area contributed by atoms with Crippen molar-refractivity contribution in [1.29, 1.82) is 0 Å². The van der Waals surface area contributed by atoms with Crippen LogP contribution in [-0.2, 0) is 13.6 Å². The first kappa shape index (κ1) is 12.8. The summed E-state index contributed by atoms with van der Waals surface area (Å²) >= 11 is 0. The Morgan fingerprint density at radius 2 is 2.10 bits per heavy atom. The number of nitrogens with zero attached hydrogens (tertiary/aromatic N) is 4. The Kier molecular flexibility index (Phi) is 3.02. The van der Waals surface area contributed by atoms with Crippen LogP contribution in [0.2, 0.25) is 0 Å². The van der Waals surface area contributed by atoms with Gasteiger partial charge in [0.05, 0.1) is 18.8 Å². The van der Waals surface area contributed by atoms with Crippen molar-refractivity contribution in [3.05, 3.63) is 35.9 Å². The van der Waals surface area contributed by atoms with Crippen molar-refractivity contribution in [3.63, 3.8) is 0 Å². The SMILES string of the molecule is Cc1nc(-c2cc3cc(F)ccc3n2C)n(CCO)n1. The second-order valence-corrected chi connectivity index (χ2v) is 4.72. The maximum absolute atomic E-state index is 13.3. The monoisotopic (exact) mass is 274 g/mol. The summed E-state index contributed by atoms with van der Waals surface area (Å²) in [6.07, 6.45) is 0. The highest BCUT2D eigenvalue weighted by molar-refractivity contribution is 5.85. The van der Waals surface area contributed by atoms with E-state index in [0.717, 1.165) is 16.6 Å². The first-order chi connectivity index (χ1) is 9.60. The molecule has 0 fully saturated rings. The molecule has 0 aliphatic heterocycles. The lowest BCUT2D eigenvalue weighted by molar-refractivity contribution is 0.270. The second kappa shape index (κ2) is 4.72. The zero-order chi connectivity index (χ0) is 14.3. The van der Waals surface area contributed by atoms with Crippen molar-refractivity contribution in [1.82, 2.24) is 19.3 Å². The summed E-state index contributed by atoms with van der Waals surface area (Å²) in [5, 5.41) is 14.2. The molecule has 1 aromatic carbocycles. The number of aliphatic hydroxyl groups excluding tert-OH is 1. The molecular formula is C14H15FN4O. The molecule has 0 radical (unpaired) electrons. The normalized spacial score (nSPS) is 11.4. The lowest BCUT2D eigenvalue weighted by atomic mass is 10.2. The predicted molar refractivity (Wildman–Crippen MR) is 73.7 cm³/mol. The van der Waals surface area contributed by atoms with Gasteiger partial charge in [-0.3, -0.25) is 0 Å². The van der Waals surface area contributed by atoms with E-state index in [1.54, 1.807) is 17.7 Å². The standard InChI is InChI=1S/C14H15FN4O/c1-9-16-14(19(17-9)5-6-20)13-8-10-7-11(15)3-4-12(10)18(13)2/h3-4,7-8,20H,5-6H2,1-2H3. The summed E-state index contributed by atoms with van der Waals surface area (Å²) in [5.41, 5.74) is 1.78. The molecule has 6 heteroatoms. The van der Waals surface area contributed by atoms with Crippen molar-refractivity contribution in [3.8, 4) is 11.5 Å². The average molecular weight is 274 g/mol. The largest absolute Gasteiger partial charge is 0.394 e. The van der Waals surface area contributed by atoms with Gasteiger partial charge in [-0.1, -0.05) is 0 Å². The van der Waals surface area contributed by atoms with Crippen LogP contribution in [0.4, 0.5) is 4.39 Å². The molecule has 20 heavy (non-hydrogen) atoms. The second-order valence-electron chi connectivity index (χ2n) is 4.72. The van der Waals surface area contributed by atoms with E-state index in [2.05, 4.69) is 10.1 Å². The third-order valence-electron chi connectivity index (χ3n) is 3.32. The van der Waals surface area contributed by atoms with Crippen molar-refractivity contribution < 1.29 is 9.50 Å². The van der Waals surface area contributed by atoms with Crippen LogP contribution in [-0.4, -0.2) is 31.0 Å². The van der Waals surface area contributed by atoms with Crippen LogP contribution >= 0.6 is 0 Å². The first-order valence-electron chi connectivity index (χ1n) is 6.38. The van der Waals surface area contributed by atoms with E-state index in [4.69, 9.17) is 5.11 Å². The van der Waals surface area contributed by atoms with Crippen LogP contribution in [0.5, 0.6) is 0 Å². The lowest BCUT2D eigenvalue weighted by Gasteiger charge is -2.05. The zero-order valence-corrected chi connectivity index (χ0v) is 11.3. The molecule has 0 bridgehead atoms. The number of fused-ring (bicyclic) bond motifs is 1. The first-order valence-corrected chi connectivity index (χ1v) is 6.38. The van der Waals surface area contributed by atoms with Gasteiger partial charge in [-0.2, -0.15) is 5.10 Å². The van der Waals surface area contributed by atoms with Gasteiger partial charge in [0, 0.05) is 18.0 Å². The molecule has 2 heterocycles. The smallest absolute Gasteiger partial charge is 0.175 e. The van der Waals surface area contributed by atoms with Gasteiger partial charge in [-0.15, -0.1) is 0 Å². The molecule has 3 rings (SSSR count). The molecule has 0 atom stereocenters. The minimum atomic E-state index is -0.261. The Bertz CT molecular complexity index is 775. The summed E-state index contributed by atoms with van der Waals surface area (Å²) < 4.78 is 16.9. The van der Waals surface area contributed by atoms with Crippen LogP contribution in [0.3, 0.4) is 0 Å². The highest BCUT2D eigenvalue weighted by Gasteiger charge is 2.15. The van der Waals surface area contributed by atoms with Gasteiger partial charge in [0.1, 0.15) is 11.6 Å². The van der Waals surface area contributed by atoms with Gasteiger partial charge >= 0.3 is 0 Å². The Balaban J connectivity index is 2.21. The minimum absolute atomic E-state index is 0.00558. The molecule has 0 spiro atoms. The van der Waals surface area contributed by atoms with E-state index in [9.17, 15) is 4.39 Å². The lowest BCUT2D eigenvalue weighted by Crippen LogP contribution is -2.07. The van der Waals surface area contributed by atoms with E-state index >= 15 is 0 Å².